The molecule has 0 fully saturated rings. The van der Waals surface area contributed by atoms with Crippen molar-refractivity contribution in [2.45, 2.75) is 58.9 Å². The molecular weight excluding hydrogens is 428 g/mol. The van der Waals surface area contributed by atoms with E-state index in [4.69, 9.17) is 0 Å². The minimum atomic E-state index is -4.07. The number of carbonyl (C=O) groups is 2. The monoisotopic (exact) mass is 454 g/mol. The van der Waals surface area contributed by atoms with E-state index in [2.05, 4.69) is 20.6 Å². The highest BCUT2D eigenvalue weighted by atomic mass is 19.3. The summed E-state index contributed by atoms with van der Waals surface area (Å²) in [5.74, 6) is -4.60. The van der Waals surface area contributed by atoms with Crippen LogP contribution >= 0.6 is 0 Å². The minimum absolute atomic E-state index is 0.0705. The molecule has 10 heteroatoms. The van der Waals surface area contributed by atoms with Crippen molar-refractivity contribution in [3.05, 3.63) is 53.0 Å². The first-order valence-electron chi connectivity index (χ1n) is 10.1. The highest BCUT2D eigenvalue weighted by Gasteiger charge is 2.40. The molecule has 0 spiro atoms. The van der Waals surface area contributed by atoms with E-state index in [1.165, 1.54) is 18.5 Å². The molecule has 0 radical (unpaired) electrons. The Labute approximate surface area is 183 Å². The number of anilines is 1. The van der Waals surface area contributed by atoms with Crippen LogP contribution in [0.25, 0.3) is 0 Å². The molecule has 2 aromatic rings. The summed E-state index contributed by atoms with van der Waals surface area (Å²) in [5.41, 5.74) is 1.65. The number of alkyl halides is 4. The zero-order chi connectivity index (χ0) is 24.1. The number of pyridine rings is 2. The van der Waals surface area contributed by atoms with Crippen LogP contribution in [0.2, 0.25) is 0 Å². The van der Waals surface area contributed by atoms with Gasteiger partial charge in [0.25, 0.3) is 5.91 Å². The Kier molecular flexibility index (Phi) is 8.29. The Morgan fingerprint density at radius 1 is 1.12 bits per heavy atom. The van der Waals surface area contributed by atoms with Gasteiger partial charge in [-0.25, -0.2) is 22.5 Å². The molecule has 2 aromatic heterocycles. The van der Waals surface area contributed by atoms with Gasteiger partial charge in [0.05, 0.1) is 6.04 Å². The first kappa shape index (κ1) is 25.2. The van der Waals surface area contributed by atoms with Gasteiger partial charge in [-0.15, -0.1) is 0 Å². The van der Waals surface area contributed by atoms with Crippen molar-refractivity contribution in [3.8, 4) is 0 Å². The molecule has 6 nitrogen and oxygen atoms in total. The summed E-state index contributed by atoms with van der Waals surface area (Å²) in [6.45, 7) is 6.86. The number of nitrogens with one attached hydrogen (secondary N) is 2. The molecular formula is C22H26F4N4O2. The maximum atomic E-state index is 13.2. The fourth-order valence-electron chi connectivity index (χ4n) is 2.79. The first-order valence-corrected chi connectivity index (χ1v) is 10.1. The third-order valence-corrected chi connectivity index (χ3v) is 4.91. The molecule has 174 valence electrons. The van der Waals surface area contributed by atoms with E-state index in [-0.39, 0.29) is 23.9 Å². The lowest BCUT2D eigenvalue weighted by Gasteiger charge is -2.17. The van der Waals surface area contributed by atoms with Crippen molar-refractivity contribution in [2.24, 2.45) is 5.92 Å². The molecule has 0 aromatic carbocycles. The summed E-state index contributed by atoms with van der Waals surface area (Å²) >= 11 is 0. The standard InChI is InChI=1S/C22H26F4N4O2/c1-12(2)19(31)30-18-10-15(6-8-27-18)14(4)29-20(32)17-9-13(3)16(11-28-17)5-7-22(25,26)21(23)24/h6,8-12,14,21H,5,7H2,1-4H3,(H,29,32)(H,27,30,31). The normalized spacial score (nSPS) is 12.7. The molecule has 32 heavy (non-hydrogen) atoms. The van der Waals surface area contributed by atoms with Crippen molar-refractivity contribution in [1.82, 2.24) is 15.3 Å². The number of amides is 2. The Morgan fingerprint density at radius 3 is 2.41 bits per heavy atom. The molecule has 2 N–H and O–H groups in total. The second-order valence-corrected chi connectivity index (χ2v) is 7.87. The molecule has 0 aliphatic rings. The van der Waals surface area contributed by atoms with Gasteiger partial charge in [-0.05, 0) is 55.2 Å². The van der Waals surface area contributed by atoms with Gasteiger partial charge in [0.2, 0.25) is 5.91 Å². The number of rotatable bonds is 9. The van der Waals surface area contributed by atoms with E-state index in [9.17, 15) is 27.2 Å². The highest BCUT2D eigenvalue weighted by Crippen LogP contribution is 2.28. The summed E-state index contributed by atoms with van der Waals surface area (Å²) in [4.78, 5) is 32.5. The Hall–Kier alpha value is -3.04. The summed E-state index contributed by atoms with van der Waals surface area (Å²) < 4.78 is 51.0. The van der Waals surface area contributed by atoms with Crippen LogP contribution in [0.4, 0.5) is 23.4 Å². The summed E-state index contributed by atoms with van der Waals surface area (Å²) in [6.07, 6.45) is -2.25. The van der Waals surface area contributed by atoms with Gasteiger partial charge in [0, 0.05) is 24.7 Å². The van der Waals surface area contributed by atoms with Crippen molar-refractivity contribution < 1.29 is 27.2 Å². The van der Waals surface area contributed by atoms with E-state index in [1.54, 1.807) is 39.8 Å². The topological polar surface area (TPSA) is 84.0 Å². The number of hydrogen-bond acceptors (Lipinski definition) is 4. The molecule has 1 unspecified atom stereocenters. The molecule has 0 bridgehead atoms. The SMILES string of the molecule is Cc1cc(C(=O)NC(C)c2ccnc(NC(=O)C(C)C)c2)ncc1CCC(F)(F)C(F)F. The first-order chi connectivity index (χ1) is 14.9. The zero-order valence-corrected chi connectivity index (χ0v) is 18.3. The number of halogens is 4. The number of aromatic nitrogens is 2. The van der Waals surface area contributed by atoms with Crippen molar-refractivity contribution in [3.63, 3.8) is 0 Å². The van der Waals surface area contributed by atoms with Gasteiger partial charge < -0.3 is 10.6 Å². The Bertz CT molecular complexity index is 967. The molecule has 2 heterocycles. The average Bonchev–Trinajstić information content (AvgIpc) is 2.72. The quantitative estimate of drug-likeness (QED) is 0.538. The third-order valence-electron chi connectivity index (χ3n) is 4.91. The van der Waals surface area contributed by atoms with Crippen LogP contribution in [-0.2, 0) is 11.2 Å². The molecule has 0 aliphatic carbocycles. The molecule has 2 amide bonds. The van der Waals surface area contributed by atoms with E-state index in [0.717, 1.165) is 0 Å². The maximum absolute atomic E-state index is 13.2. The number of carbonyl (C=O) groups excluding carboxylic acids is 2. The van der Waals surface area contributed by atoms with Gasteiger partial charge in [-0.2, -0.15) is 0 Å². The number of nitrogens with zero attached hydrogens (tertiary/aromatic N) is 2. The smallest absolute Gasteiger partial charge is 0.307 e. The van der Waals surface area contributed by atoms with Crippen LogP contribution in [0.3, 0.4) is 0 Å². The van der Waals surface area contributed by atoms with E-state index < -0.39 is 30.7 Å². The van der Waals surface area contributed by atoms with Gasteiger partial charge in [-0.3, -0.25) is 14.6 Å². The van der Waals surface area contributed by atoms with Crippen LogP contribution < -0.4 is 10.6 Å². The minimum Gasteiger partial charge on any atom is -0.344 e. The second-order valence-electron chi connectivity index (χ2n) is 7.87. The number of hydrogen-bond donors (Lipinski definition) is 2. The van der Waals surface area contributed by atoms with Crippen LogP contribution in [0.15, 0.2) is 30.6 Å². The fourth-order valence-corrected chi connectivity index (χ4v) is 2.79. The fraction of sp³-hybridized carbons (Fsp3) is 0.455. The summed E-state index contributed by atoms with van der Waals surface area (Å²) in [5, 5.41) is 5.46. The molecule has 2 rings (SSSR count). The second kappa shape index (κ2) is 10.5. The number of aryl methyl sites for hydroxylation is 2. The molecule has 0 saturated carbocycles. The lowest BCUT2D eigenvalue weighted by atomic mass is 10.0. The highest BCUT2D eigenvalue weighted by molar-refractivity contribution is 5.93. The Balaban J connectivity index is 2.04. The van der Waals surface area contributed by atoms with Gasteiger partial charge in [0.15, 0.2) is 0 Å². The van der Waals surface area contributed by atoms with Crippen LogP contribution in [-0.4, -0.2) is 34.1 Å². The van der Waals surface area contributed by atoms with E-state index in [1.807, 2.05) is 0 Å². The lowest BCUT2D eigenvalue weighted by Crippen LogP contribution is -2.28. The van der Waals surface area contributed by atoms with Gasteiger partial charge >= 0.3 is 12.3 Å². The van der Waals surface area contributed by atoms with Crippen LogP contribution in [0.1, 0.15) is 60.4 Å². The Morgan fingerprint density at radius 2 is 1.81 bits per heavy atom. The molecule has 0 saturated heterocycles. The molecule has 1 atom stereocenters. The average molecular weight is 454 g/mol. The van der Waals surface area contributed by atoms with E-state index >= 15 is 0 Å². The van der Waals surface area contributed by atoms with Crippen molar-refractivity contribution >= 4 is 17.6 Å². The van der Waals surface area contributed by atoms with Gasteiger partial charge in [-0.1, -0.05) is 13.8 Å². The van der Waals surface area contributed by atoms with Crippen molar-refractivity contribution in [1.29, 1.82) is 0 Å². The zero-order valence-electron chi connectivity index (χ0n) is 18.3. The van der Waals surface area contributed by atoms with Gasteiger partial charge in [0.1, 0.15) is 11.5 Å². The summed E-state index contributed by atoms with van der Waals surface area (Å²) in [6, 6.07) is 4.34. The van der Waals surface area contributed by atoms with Crippen molar-refractivity contribution in [2.75, 3.05) is 5.32 Å². The largest absolute Gasteiger partial charge is 0.344 e. The van der Waals surface area contributed by atoms with Crippen LogP contribution in [0.5, 0.6) is 0 Å². The predicted molar refractivity (Wildman–Crippen MR) is 112 cm³/mol. The van der Waals surface area contributed by atoms with E-state index in [0.29, 0.717) is 22.5 Å². The molecule has 0 aliphatic heterocycles. The lowest BCUT2D eigenvalue weighted by molar-refractivity contribution is -0.132. The predicted octanol–water partition coefficient (Wildman–Crippen LogP) is 4.70. The maximum Gasteiger partial charge on any atom is 0.307 e. The van der Waals surface area contributed by atoms with Crippen LogP contribution in [0, 0.1) is 12.8 Å². The third kappa shape index (κ3) is 6.73. The summed E-state index contributed by atoms with van der Waals surface area (Å²) in [7, 11) is 0.